The third-order valence-corrected chi connectivity index (χ3v) is 7.07. The van der Waals surface area contributed by atoms with Crippen molar-refractivity contribution in [3.8, 4) is 0 Å². The maximum atomic E-state index is 13.1. The minimum Gasteiger partial charge on any atom is -0.348 e. The summed E-state index contributed by atoms with van der Waals surface area (Å²) in [5.41, 5.74) is 4.20. The summed E-state index contributed by atoms with van der Waals surface area (Å²) in [5, 5.41) is 3.52. The van der Waals surface area contributed by atoms with E-state index < -0.39 is 16.1 Å². The van der Waals surface area contributed by atoms with Crippen molar-refractivity contribution in [2.24, 2.45) is 0 Å². The molecule has 1 aliphatic carbocycles. The molecule has 0 aromatic heterocycles. The highest BCUT2D eigenvalue weighted by Crippen LogP contribution is 2.27. The fourth-order valence-electron chi connectivity index (χ4n) is 4.06. The van der Waals surface area contributed by atoms with Crippen molar-refractivity contribution in [3.63, 3.8) is 0 Å². The van der Waals surface area contributed by atoms with Crippen molar-refractivity contribution in [1.82, 2.24) is 5.32 Å². The molecular formula is C23H29ClN2O3S. The molecule has 0 bridgehead atoms. The van der Waals surface area contributed by atoms with Crippen molar-refractivity contribution in [2.45, 2.75) is 58.0 Å². The number of anilines is 1. The molecule has 7 heteroatoms. The molecule has 0 saturated heterocycles. The van der Waals surface area contributed by atoms with Crippen LogP contribution in [0.5, 0.6) is 0 Å². The summed E-state index contributed by atoms with van der Waals surface area (Å²) in [6.07, 6.45) is 6.06. The van der Waals surface area contributed by atoms with Gasteiger partial charge in [0.2, 0.25) is 15.9 Å². The van der Waals surface area contributed by atoms with E-state index in [1.165, 1.54) is 28.3 Å². The first kappa shape index (κ1) is 22.6. The van der Waals surface area contributed by atoms with E-state index in [1.807, 2.05) is 13.8 Å². The SMILES string of the molecule is CC[C@@H](C(=O)N[C@@H](C)c1ccc2c(c1)CCCC2)N(c1ccc(Cl)cc1)S(C)(=O)=O. The van der Waals surface area contributed by atoms with E-state index in [4.69, 9.17) is 11.6 Å². The van der Waals surface area contributed by atoms with Crippen LogP contribution < -0.4 is 9.62 Å². The Bertz CT molecular complexity index is 1010. The predicted octanol–water partition coefficient (Wildman–Crippen LogP) is 4.64. The number of rotatable bonds is 7. The van der Waals surface area contributed by atoms with E-state index in [0.717, 1.165) is 24.7 Å². The molecule has 0 unspecified atom stereocenters. The highest BCUT2D eigenvalue weighted by atomic mass is 35.5. The Morgan fingerprint density at radius 2 is 1.73 bits per heavy atom. The molecule has 1 N–H and O–H groups in total. The lowest BCUT2D eigenvalue weighted by molar-refractivity contribution is -0.122. The minimum absolute atomic E-state index is 0.217. The van der Waals surface area contributed by atoms with E-state index in [0.29, 0.717) is 17.1 Å². The van der Waals surface area contributed by atoms with Crippen LogP contribution in [0.1, 0.15) is 55.8 Å². The molecule has 3 rings (SSSR count). The number of fused-ring (bicyclic) bond motifs is 1. The van der Waals surface area contributed by atoms with Crippen LogP contribution in [0.2, 0.25) is 5.02 Å². The molecular weight excluding hydrogens is 420 g/mol. The third-order valence-electron chi connectivity index (χ3n) is 5.64. The lowest BCUT2D eigenvalue weighted by Crippen LogP contribution is -2.49. The summed E-state index contributed by atoms with van der Waals surface area (Å²) in [4.78, 5) is 13.1. The van der Waals surface area contributed by atoms with Crippen LogP contribution in [0, 0.1) is 0 Å². The molecule has 2 aromatic carbocycles. The summed E-state index contributed by atoms with van der Waals surface area (Å²) in [6, 6.07) is 11.8. The number of nitrogens with zero attached hydrogens (tertiary/aromatic N) is 1. The zero-order chi connectivity index (χ0) is 21.9. The molecule has 1 aliphatic rings. The maximum absolute atomic E-state index is 13.1. The molecule has 30 heavy (non-hydrogen) atoms. The maximum Gasteiger partial charge on any atom is 0.244 e. The average molecular weight is 449 g/mol. The van der Waals surface area contributed by atoms with Gasteiger partial charge in [0.15, 0.2) is 0 Å². The van der Waals surface area contributed by atoms with Crippen LogP contribution in [0.3, 0.4) is 0 Å². The first-order valence-corrected chi connectivity index (χ1v) is 12.6. The van der Waals surface area contributed by atoms with Gasteiger partial charge in [-0.05, 0) is 80.0 Å². The van der Waals surface area contributed by atoms with Crippen LogP contribution in [-0.2, 0) is 27.7 Å². The Morgan fingerprint density at radius 3 is 2.33 bits per heavy atom. The van der Waals surface area contributed by atoms with E-state index in [1.54, 1.807) is 24.3 Å². The summed E-state index contributed by atoms with van der Waals surface area (Å²) < 4.78 is 26.3. The van der Waals surface area contributed by atoms with Crippen LogP contribution in [0.25, 0.3) is 0 Å². The number of aryl methyl sites for hydroxylation is 2. The third kappa shape index (κ3) is 5.16. The fraction of sp³-hybridized carbons (Fsp3) is 0.435. The standard InChI is InChI=1S/C23H29ClN2O3S/c1-4-22(26(30(3,28)29)21-13-11-20(24)12-14-21)23(27)25-16(2)18-10-9-17-7-5-6-8-19(17)15-18/h9-16,22H,4-8H2,1-3H3,(H,25,27)/t16-,22-/m0/s1. The first-order chi connectivity index (χ1) is 14.2. The largest absolute Gasteiger partial charge is 0.348 e. The zero-order valence-electron chi connectivity index (χ0n) is 17.7. The predicted molar refractivity (Wildman–Crippen MR) is 122 cm³/mol. The Balaban J connectivity index is 1.82. The van der Waals surface area contributed by atoms with Gasteiger partial charge in [-0.3, -0.25) is 9.10 Å². The van der Waals surface area contributed by atoms with Gasteiger partial charge < -0.3 is 5.32 Å². The number of hydrogen-bond donors (Lipinski definition) is 1. The monoisotopic (exact) mass is 448 g/mol. The molecule has 5 nitrogen and oxygen atoms in total. The van der Waals surface area contributed by atoms with Crippen LogP contribution in [0.15, 0.2) is 42.5 Å². The molecule has 1 amide bonds. The van der Waals surface area contributed by atoms with Crippen molar-refractivity contribution in [3.05, 3.63) is 64.2 Å². The number of nitrogens with one attached hydrogen (secondary N) is 1. The molecule has 2 atom stereocenters. The lowest BCUT2D eigenvalue weighted by Gasteiger charge is -2.31. The van der Waals surface area contributed by atoms with E-state index in [-0.39, 0.29) is 11.9 Å². The van der Waals surface area contributed by atoms with Crippen LogP contribution in [0.4, 0.5) is 5.69 Å². The quantitative estimate of drug-likeness (QED) is 0.670. The van der Waals surface area contributed by atoms with Crippen molar-refractivity contribution < 1.29 is 13.2 Å². The Labute approximate surface area is 184 Å². The molecule has 0 radical (unpaired) electrons. The smallest absolute Gasteiger partial charge is 0.244 e. The number of benzene rings is 2. The van der Waals surface area contributed by atoms with Gasteiger partial charge >= 0.3 is 0 Å². The Hall–Kier alpha value is -2.05. The number of halogens is 1. The second kappa shape index (κ2) is 9.40. The summed E-state index contributed by atoms with van der Waals surface area (Å²) in [5.74, 6) is -0.317. The molecule has 0 aliphatic heterocycles. The van der Waals surface area contributed by atoms with Gasteiger partial charge in [-0.15, -0.1) is 0 Å². The number of carbonyl (C=O) groups excluding carboxylic acids is 1. The second-order valence-corrected chi connectivity index (χ2v) is 10.2. The fourth-order valence-corrected chi connectivity index (χ4v) is 5.40. The topological polar surface area (TPSA) is 66.5 Å². The van der Waals surface area contributed by atoms with Gasteiger partial charge in [0.05, 0.1) is 18.0 Å². The second-order valence-electron chi connectivity index (χ2n) is 7.92. The van der Waals surface area contributed by atoms with Gasteiger partial charge in [-0.1, -0.05) is 36.7 Å². The number of hydrogen-bond acceptors (Lipinski definition) is 3. The summed E-state index contributed by atoms with van der Waals surface area (Å²) in [6.45, 7) is 3.74. The van der Waals surface area contributed by atoms with E-state index in [2.05, 4.69) is 23.5 Å². The van der Waals surface area contributed by atoms with E-state index in [9.17, 15) is 13.2 Å². The minimum atomic E-state index is -3.67. The van der Waals surface area contributed by atoms with Crippen molar-refractivity contribution in [1.29, 1.82) is 0 Å². The van der Waals surface area contributed by atoms with Gasteiger partial charge in [0, 0.05) is 5.02 Å². The molecule has 0 saturated carbocycles. The highest BCUT2D eigenvalue weighted by Gasteiger charge is 2.32. The molecule has 0 spiro atoms. The Morgan fingerprint density at radius 1 is 1.10 bits per heavy atom. The highest BCUT2D eigenvalue weighted by molar-refractivity contribution is 7.92. The number of amides is 1. The van der Waals surface area contributed by atoms with Gasteiger partial charge in [0.25, 0.3) is 0 Å². The van der Waals surface area contributed by atoms with Crippen molar-refractivity contribution >= 4 is 33.2 Å². The number of sulfonamides is 1. The molecule has 2 aromatic rings. The zero-order valence-corrected chi connectivity index (χ0v) is 19.3. The molecule has 162 valence electrons. The van der Waals surface area contributed by atoms with Gasteiger partial charge in [-0.25, -0.2) is 8.42 Å². The lowest BCUT2D eigenvalue weighted by atomic mass is 9.89. The average Bonchev–Trinajstić information content (AvgIpc) is 2.71. The van der Waals surface area contributed by atoms with Crippen LogP contribution in [-0.4, -0.2) is 26.6 Å². The molecule has 0 fully saturated rings. The summed E-state index contributed by atoms with van der Waals surface area (Å²) in [7, 11) is -3.67. The van der Waals surface area contributed by atoms with E-state index >= 15 is 0 Å². The molecule has 0 heterocycles. The van der Waals surface area contributed by atoms with Crippen LogP contribution >= 0.6 is 11.6 Å². The summed E-state index contributed by atoms with van der Waals surface area (Å²) >= 11 is 5.95. The first-order valence-electron chi connectivity index (χ1n) is 10.4. The Kier molecular flexibility index (Phi) is 7.09. The van der Waals surface area contributed by atoms with Gasteiger partial charge in [0.1, 0.15) is 6.04 Å². The normalized spacial score (nSPS) is 15.7. The number of carbonyl (C=O) groups is 1. The van der Waals surface area contributed by atoms with Gasteiger partial charge in [-0.2, -0.15) is 0 Å². The van der Waals surface area contributed by atoms with Crippen molar-refractivity contribution in [2.75, 3.05) is 10.6 Å².